The Balaban J connectivity index is 2.13. The molecule has 0 bridgehead atoms. The molecular formula is C19H18BrClF3NO2. The van der Waals surface area contributed by atoms with Crippen LogP contribution in [0.5, 0.6) is 5.75 Å². The topological polar surface area (TPSA) is 38.3 Å². The number of aryl methyl sites for hydroxylation is 1. The monoisotopic (exact) mass is 463 g/mol. The predicted molar refractivity (Wildman–Crippen MR) is 104 cm³/mol. The molecule has 27 heavy (non-hydrogen) atoms. The Morgan fingerprint density at radius 2 is 1.93 bits per heavy atom. The molecule has 2 rings (SSSR count). The molecule has 0 atom stereocenters. The van der Waals surface area contributed by atoms with Crippen LogP contribution >= 0.6 is 27.5 Å². The normalized spacial score (nSPS) is 11.6. The lowest BCUT2D eigenvalue weighted by atomic mass is 10.0. The number of amides is 1. The molecule has 0 aliphatic carbocycles. The first-order valence-corrected chi connectivity index (χ1v) is 9.25. The Bertz CT molecular complexity index is 854. The minimum atomic E-state index is -4.53. The van der Waals surface area contributed by atoms with Gasteiger partial charge in [-0.25, -0.2) is 0 Å². The summed E-state index contributed by atoms with van der Waals surface area (Å²) in [4.78, 5) is 12.1. The van der Waals surface area contributed by atoms with E-state index in [2.05, 4.69) is 21.2 Å². The van der Waals surface area contributed by atoms with E-state index in [4.69, 9.17) is 16.3 Å². The summed E-state index contributed by atoms with van der Waals surface area (Å²) in [5.74, 6) is 0.111. The number of hydrogen-bond donors (Lipinski definition) is 1. The lowest BCUT2D eigenvalue weighted by molar-refractivity contribution is -0.137. The van der Waals surface area contributed by atoms with Crippen molar-refractivity contribution in [3.8, 4) is 5.75 Å². The van der Waals surface area contributed by atoms with Gasteiger partial charge in [0.2, 0.25) is 0 Å². The van der Waals surface area contributed by atoms with Gasteiger partial charge in [0, 0.05) is 4.47 Å². The molecule has 1 N–H and O–H groups in total. The van der Waals surface area contributed by atoms with Gasteiger partial charge in [0.05, 0.1) is 16.3 Å². The van der Waals surface area contributed by atoms with Gasteiger partial charge in [-0.3, -0.25) is 4.79 Å². The van der Waals surface area contributed by atoms with Gasteiger partial charge >= 0.3 is 6.18 Å². The number of benzene rings is 2. The van der Waals surface area contributed by atoms with E-state index in [1.807, 2.05) is 32.9 Å². The van der Waals surface area contributed by atoms with Crippen LogP contribution in [0.25, 0.3) is 0 Å². The van der Waals surface area contributed by atoms with E-state index in [0.717, 1.165) is 33.8 Å². The van der Waals surface area contributed by atoms with Crippen molar-refractivity contribution in [2.45, 2.75) is 32.9 Å². The smallest absolute Gasteiger partial charge is 0.416 e. The summed E-state index contributed by atoms with van der Waals surface area (Å²) >= 11 is 9.35. The van der Waals surface area contributed by atoms with E-state index < -0.39 is 17.6 Å². The molecule has 0 fully saturated rings. The zero-order chi connectivity index (χ0) is 20.4. The number of anilines is 1. The third-order valence-corrected chi connectivity index (χ3v) is 5.02. The van der Waals surface area contributed by atoms with Gasteiger partial charge in [-0.1, -0.05) is 41.4 Å². The van der Waals surface area contributed by atoms with E-state index in [1.165, 1.54) is 0 Å². The van der Waals surface area contributed by atoms with Gasteiger partial charge in [-0.05, 0) is 54.3 Å². The van der Waals surface area contributed by atoms with E-state index >= 15 is 0 Å². The summed E-state index contributed by atoms with van der Waals surface area (Å²) in [5, 5.41) is 2.38. The second-order valence-electron chi connectivity index (χ2n) is 6.32. The minimum Gasteiger partial charge on any atom is -0.483 e. The lowest BCUT2D eigenvalue weighted by Crippen LogP contribution is -2.21. The summed E-state index contributed by atoms with van der Waals surface area (Å²) in [6, 6.07) is 6.48. The summed E-state index contributed by atoms with van der Waals surface area (Å²) < 4.78 is 45.0. The Kier molecular flexibility index (Phi) is 6.81. The van der Waals surface area contributed by atoms with Crippen LogP contribution in [-0.4, -0.2) is 12.5 Å². The third-order valence-electron chi connectivity index (χ3n) is 3.84. The van der Waals surface area contributed by atoms with Gasteiger partial charge in [0.15, 0.2) is 6.61 Å². The number of hydrogen-bond acceptors (Lipinski definition) is 2. The minimum absolute atomic E-state index is 0.0127. The highest BCUT2D eigenvalue weighted by molar-refractivity contribution is 9.10. The summed E-state index contributed by atoms with van der Waals surface area (Å²) in [6.45, 7) is 5.52. The average Bonchev–Trinajstić information content (AvgIpc) is 2.56. The van der Waals surface area contributed by atoms with Crippen molar-refractivity contribution in [2.24, 2.45) is 0 Å². The third kappa shape index (κ3) is 5.62. The standard InChI is InChI=1S/C19H18BrClF3NO2/c1-10(2)13-8-14(20)11(3)6-17(13)27-9-18(26)25-16-7-12(19(22,23)24)4-5-15(16)21/h4-8,10H,9H2,1-3H3,(H,25,26). The molecule has 1 amide bonds. The van der Waals surface area contributed by atoms with E-state index in [0.29, 0.717) is 5.75 Å². The second kappa shape index (κ2) is 8.52. The lowest BCUT2D eigenvalue weighted by Gasteiger charge is -2.16. The van der Waals surface area contributed by atoms with Crippen LogP contribution in [-0.2, 0) is 11.0 Å². The maximum atomic E-state index is 12.8. The number of nitrogens with one attached hydrogen (secondary N) is 1. The van der Waals surface area contributed by atoms with Crippen LogP contribution in [0.3, 0.4) is 0 Å². The Hall–Kier alpha value is -1.73. The maximum absolute atomic E-state index is 12.8. The molecule has 0 radical (unpaired) electrons. The largest absolute Gasteiger partial charge is 0.483 e. The second-order valence-corrected chi connectivity index (χ2v) is 7.58. The van der Waals surface area contributed by atoms with Crippen LogP contribution in [0.1, 0.15) is 36.5 Å². The van der Waals surface area contributed by atoms with Crippen LogP contribution in [0.15, 0.2) is 34.8 Å². The van der Waals surface area contributed by atoms with Crippen LogP contribution in [0, 0.1) is 6.92 Å². The Morgan fingerprint density at radius 1 is 1.26 bits per heavy atom. The van der Waals surface area contributed by atoms with Gasteiger partial charge in [0.25, 0.3) is 5.91 Å². The maximum Gasteiger partial charge on any atom is 0.416 e. The Morgan fingerprint density at radius 3 is 2.52 bits per heavy atom. The van der Waals surface area contributed by atoms with Gasteiger partial charge in [-0.2, -0.15) is 13.2 Å². The molecule has 0 spiro atoms. The molecule has 0 saturated carbocycles. The van der Waals surface area contributed by atoms with E-state index in [-0.39, 0.29) is 23.2 Å². The van der Waals surface area contributed by atoms with Gasteiger partial charge in [-0.15, -0.1) is 0 Å². The summed E-state index contributed by atoms with van der Waals surface area (Å²) in [7, 11) is 0. The molecule has 2 aromatic carbocycles. The first kappa shape index (κ1) is 21.6. The molecule has 0 aliphatic rings. The first-order valence-electron chi connectivity index (χ1n) is 8.08. The fraction of sp³-hybridized carbons (Fsp3) is 0.316. The first-order chi connectivity index (χ1) is 12.5. The molecule has 0 aliphatic heterocycles. The van der Waals surface area contributed by atoms with Crippen molar-refractivity contribution in [1.29, 1.82) is 0 Å². The highest BCUT2D eigenvalue weighted by atomic mass is 79.9. The zero-order valence-corrected chi connectivity index (χ0v) is 17.2. The number of ether oxygens (including phenoxy) is 1. The molecule has 0 aromatic heterocycles. The van der Waals surface area contributed by atoms with Crippen molar-refractivity contribution in [3.05, 3.63) is 56.5 Å². The Labute approximate surface area is 169 Å². The van der Waals surface area contributed by atoms with Crippen molar-refractivity contribution in [3.63, 3.8) is 0 Å². The molecule has 2 aromatic rings. The van der Waals surface area contributed by atoms with E-state index in [1.54, 1.807) is 0 Å². The molecule has 8 heteroatoms. The summed E-state index contributed by atoms with van der Waals surface area (Å²) in [5.41, 5.74) is 0.845. The number of rotatable bonds is 5. The molecular weight excluding hydrogens is 447 g/mol. The van der Waals surface area contributed by atoms with Crippen LogP contribution in [0.4, 0.5) is 18.9 Å². The number of carbonyl (C=O) groups excluding carboxylic acids is 1. The van der Waals surface area contributed by atoms with Crippen LogP contribution < -0.4 is 10.1 Å². The predicted octanol–water partition coefficient (Wildman–Crippen LogP) is 6.57. The highest BCUT2D eigenvalue weighted by Crippen LogP contribution is 2.34. The van der Waals surface area contributed by atoms with Crippen molar-refractivity contribution >= 4 is 39.1 Å². The molecule has 146 valence electrons. The van der Waals surface area contributed by atoms with Crippen molar-refractivity contribution in [2.75, 3.05) is 11.9 Å². The fourth-order valence-corrected chi connectivity index (χ4v) is 2.90. The molecule has 3 nitrogen and oxygen atoms in total. The number of alkyl halides is 3. The quantitative estimate of drug-likeness (QED) is 0.543. The van der Waals surface area contributed by atoms with Crippen LogP contribution in [0.2, 0.25) is 5.02 Å². The van der Waals surface area contributed by atoms with E-state index in [9.17, 15) is 18.0 Å². The zero-order valence-electron chi connectivity index (χ0n) is 14.9. The highest BCUT2D eigenvalue weighted by Gasteiger charge is 2.31. The van der Waals surface area contributed by atoms with Gasteiger partial charge in [0.1, 0.15) is 5.75 Å². The van der Waals surface area contributed by atoms with Gasteiger partial charge < -0.3 is 10.1 Å². The molecule has 0 saturated heterocycles. The van der Waals surface area contributed by atoms with Crippen molar-refractivity contribution in [1.82, 2.24) is 0 Å². The molecule has 0 heterocycles. The average molecular weight is 465 g/mol. The SMILES string of the molecule is Cc1cc(OCC(=O)Nc2cc(C(F)(F)F)ccc2Cl)c(C(C)C)cc1Br. The van der Waals surface area contributed by atoms with Crippen molar-refractivity contribution < 1.29 is 22.7 Å². The number of halogens is 5. The fourth-order valence-electron chi connectivity index (χ4n) is 2.37. The number of carbonyl (C=O) groups is 1. The molecule has 0 unspecified atom stereocenters. The summed E-state index contributed by atoms with van der Waals surface area (Å²) in [6.07, 6.45) is -4.53.